The molecule has 0 aliphatic rings. The molecule has 120 valence electrons. The SMILES string of the molecule is Nc1oc(-c2ccco2)c(O)c1OS(=O)(=O)Cc1ccccc1. The van der Waals surface area contributed by atoms with E-state index in [2.05, 4.69) is 0 Å². The maximum atomic E-state index is 12.1. The molecule has 3 aromatic rings. The van der Waals surface area contributed by atoms with Crippen molar-refractivity contribution < 1.29 is 26.5 Å². The lowest BCUT2D eigenvalue weighted by atomic mass is 10.2. The van der Waals surface area contributed by atoms with Crippen molar-refractivity contribution in [1.82, 2.24) is 0 Å². The van der Waals surface area contributed by atoms with Crippen molar-refractivity contribution in [1.29, 1.82) is 0 Å². The maximum absolute atomic E-state index is 12.1. The van der Waals surface area contributed by atoms with Crippen molar-refractivity contribution in [2.24, 2.45) is 0 Å². The highest BCUT2D eigenvalue weighted by atomic mass is 32.2. The zero-order chi connectivity index (χ0) is 16.4. The van der Waals surface area contributed by atoms with E-state index in [-0.39, 0.29) is 23.2 Å². The zero-order valence-corrected chi connectivity index (χ0v) is 12.6. The average molecular weight is 335 g/mol. The molecule has 1 aromatic carbocycles. The summed E-state index contributed by atoms with van der Waals surface area (Å²) >= 11 is 0. The molecule has 0 bridgehead atoms. The van der Waals surface area contributed by atoms with Crippen LogP contribution in [-0.4, -0.2) is 13.5 Å². The molecule has 3 N–H and O–H groups in total. The van der Waals surface area contributed by atoms with Gasteiger partial charge >= 0.3 is 10.1 Å². The van der Waals surface area contributed by atoms with Gasteiger partial charge in [-0.2, -0.15) is 8.42 Å². The Morgan fingerprint density at radius 1 is 1.13 bits per heavy atom. The van der Waals surface area contributed by atoms with Gasteiger partial charge in [-0.25, -0.2) is 0 Å². The third kappa shape index (κ3) is 3.16. The molecular formula is C15H13NO6S. The summed E-state index contributed by atoms with van der Waals surface area (Å²) in [4.78, 5) is 0. The van der Waals surface area contributed by atoms with Crippen LogP contribution in [0.25, 0.3) is 11.5 Å². The highest BCUT2D eigenvalue weighted by Crippen LogP contribution is 2.45. The quantitative estimate of drug-likeness (QED) is 0.689. The average Bonchev–Trinajstić information content (AvgIpc) is 3.11. The van der Waals surface area contributed by atoms with Gasteiger partial charge in [-0.05, 0) is 17.7 Å². The molecule has 2 aromatic heterocycles. The van der Waals surface area contributed by atoms with Crippen LogP contribution in [-0.2, 0) is 15.9 Å². The molecule has 23 heavy (non-hydrogen) atoms. The fraction of sp³-hybridized carbons (Fsp3) is 0.0667. The third-order valence-electron chi connectivity index (χ3n) is 3.01. The fourth-order valence-electron chi connectivity index (χ4n) is 2.01. The maximum Gasteiger partial charge on any atom is 0.313 e. The van der Waals surface area contributed by atoms with Crippen LogP contribution in [0.5, 0.6) is 11.5 Å². The highest BCUT2D eigenvalue weighted by Gasteiger charge is 2.27. The zero-order valence-electron chi connectivity index (χ0n) is 11.8. The molecule has 0 amide bonds. The standard InChI is InChI=1S/C15H13NO6S/c16-15-14(12(17)13(21-15)11-7-4-8-20-11)22-23(18,19)9-10-5-2-1-3-6-10/h1-8,17H,9,16H2. The van der Waals surface area contributed by atoms with Gasteiger partial charge in [0.2, 0.25) is 23.1 Å². The van der Waals surface area contributed by atoms with Gasteiger partial charge in [0.05, 0.1) is 6.26 Å². The van der Waals surface area contributed by atoms with E-state index in [0.717, 1.165) is 0 Å². The molecule has 0 aliphatic heterocycles. The topological polar surface area (TPSA) is 116 Å². The van der Waals surface area contributed by atoms with Crippen LogP contribution in [0.1, 0.15) is 5.56 Å². The number of benzene rings is 1. The van der Waals surface area contributed by atoms with E-state index in [4.69, 9.17) is 18.8 Å². The number of hydrogen-bond donors (Lipinski definition) is 2. The second-order valence-corrected chi connectivity index (χ2v) is 6.29. The van der Waals surface area contributed by atoms with Crippen molar-refractivity contribution in [2.45, 2.75) is 5.75 Å². The second-order valence-electron chi connectivity index (χ2n) is 4.72. The van der Waals surface area contributed by atoms with E-state index in [0.29, 0.717) is 5.56 Å². The Bertz CT molecular complexity index is 897. The summed E-state index contributed by atoms with van der Waals surface area (Å²) in [5.74, 6) is -1.61. The molecule has 0 aliphatic carbocycles. The predicted octanol–water partition coefficient (Wildman–Crippen LogP) is 2.74. The third-order valence-corrected chi connectivity index (χ3v) is 4.11. The van der Waals surface area contributed by atoms with Gasteiger partial charge < -0.3 is 23.9 Å². The van der Waals surface area contributed by atoms with Gasteiger partial charge in [-0.3, -0.25) is 0 Å². The molecule has 0 unspecified atom stereocenters. The summed E-state index contributed by atoms with van der Waals surface area (Å²) in [6.07, 6.45) is 1.38. The molecule has 0 fully saturated rings. The van der Waals surface area contributed by atoms with Gasteiger partial charge in [-0.1, -0.05) is 30.3 Å². The first-order valence-corrected chi connectivity index (χ1v) is 8.15. The van der Waals surface area contributed by atoms with Crippen molar-refractivity contribution in [3.63, 3.8) is 0 Å². The van der Waals surface area contributed by atoms with Gasteiger partial charge in [0.1, 0.15) is 5.75 Å². The first-order chi connectivity index (χ1) is 11.0. The molecule has 0 atom stereocenters. The van der Waals surface area contributed by atoms with Crippen molar-refractivity contribution in [3.8, 4) is 23.0 Å². The van der Waals surface area contributed by atoms with Crippen molar-refractivity contribution in [3.05, 3.63) is 54.3 Å². The summed E-state index contributed by atoms with van der Waals surface area (Å²) < 4.78 is 39.3. The Morgan fingerprint density at radius 2 is 1.87 bits per heavy atom. The van der Waals surface area contributed by atoms with E-state index in [9.17, 15) is 13.5 Å². The molecule has 0 radical (unpaired) electrons. The predicted molar refractivity (Wildman–Crippen MR) is 82.2 cm³/mol. The van der Waals surface area contributed by atoms with Gasteiger partial charge in [0.25, 0.3) is 0 Å². The molecule has 3 rings (SSSR count). The molecular weight excluding hydrogens is 322 g/mol. The molecule has 7 nitrogen and oxygen atoms in total. The minimum atomic E-state index is -4.02. The van der Waals surface area contributed by atoms with Crippen molar-refractivity contribution in [2.75, 3.05) is 5.73 Å². The van der Waals surface area contributed by atoms with Crippen LogP contribution in [0.2, 0.25) is 0 Å². The van der Waals surface area contributed by atoms with E-state index >= 15 is 0 Å². The van der Waals surface area contributed by atoms with Crippen LogP contribution in [0.3, 0.4) is 0 Å². The molecule has 0 spiro atoms. The van der Waals surface area contributed by atoms with Crippen LogP contribution in [0, 0.1) is 0 Å². The molecule has 0 saturated heterocycles. The van der Waals surface area contributed by atoms with E-state index in [1.165, 1.54) is 12.3 Å². The summed E-state index contributed by atoms with van der Waals surface area (Å²) in [6.45, 7) is 0. The lowest BCUT2D eigenvalue weighted by Crippen LogP contribution is -2.12. The molecule has 2 heterocycles. The Balaban J connectivity index is 1.88. The highest BCUT2D eigenvalue weighted by molar-refractivity contribution is 7.86. The van der Waals surface area contributed by atoms with Crippen LogP contribution in [0.4, 0.5) is 5.88 Å². The number of anilines is 1. The van der Waals surface area contributed by atoms with Gasteiger partial charge in [-0.15, -0.1) is 0 Å². The Labute approximate surface area is 132 Å². The first-order valence-electron chi connectivity index (χ1n) is 6.57. The lowest BCUT2D eigenvalue weighted by Gasteiger charge is -2.06. The number of furan rings is 2. The Morgan fingerprint density at radius 3 is 2.52 bits per heavy atom. The van der Waals surface area contributed by atoms with Crippen LogP contribution in [0.15, 0.2) is 57.6 Å². The normalized spacial score (nSPS) is 11.5. The number of hydrogen-bond acceptors (Lipinski definition) is 7. The number of rotatable bonds is 5. The molecule has 0 saturated carbocycles. The largest absolute Gasteiger partial charge is 0.501 e. The lowest BCUT2D eigenvalue weighted by molar-refractivity contribution is 0.429. The van der Waals surface area contributed by atoms with Gasteiger partial charge in [0, 0.05) is 0 Å². The minimum Gasteiger partial charge on any atom is -0.501 e. The van der Waals surface area contributed by atoms with Crippen LogP contribution >= 0.6 is 0 Å². The first kappa shape index (κ1) is 15.0. The number of nitrogen functional groups attached to an aromatic ring is 1. The minimum absolute atomic E-state index is 0.0996. The van der Waals surface area contributed by atoms with Crippen LogP contribution < -0.4 is 9.92 Å². The van der Waals surface area contributed by atoms with Crippen molar-refractivity contribution >= 4 is 16.0 Å². The summed E-state index contributed by atoms with van der Waals surface area (Å²) in [6, 6.07) is 11.6. The second kappa shape index (κ2) is 5.73. The monoisotopic (exact) mass is 335 g/mol. The Kier molecular flexibility index (Phi) is 3.75. The fourth-order valence-corrected chi connectivity index (χ4v) is 3.09. The van der Waals surface area contributed by atoms with Gasteiger partial charge in [0.15, 0.2) is 5.76 Å². The summed E-state index contributed by atoms with van der Waals surface area (Å²) in [5, 5.41) is 10.1. The number of aromatic hydroxyl groups is 1. The summed E-state index contributed by atoms with van der Waals surface area (Å²) in [5.41, 5.74) is 6.13. The number of nitrogens with two attached hydrogens (primary N) is 1. The Hall–Kier alpha value is -2.87. The van der Waals surface area contributed by atoms with E-state index < -0.39 is 21.6 Å². The van der Waals surface area contributed by atoms with E-state index in [1.807, 2.05) is 0 Å². The smallest absolute Gasteiger partial charge is 0.313 e. The molecule has 8 heteroatoms. The summed E-state index contributed by atoms with van der Waals surface area (Å²) in [7, 11) is -4.02. The van der Waals surface area contributed by atoms with E-state index in [1.54, 1.807) is 36.4 Å².